The molecule has 0 radical (unpaired) electrons. The zero-order chi connectivity index (χ0) is 19.3. The number of esters is 1. The maximum Gasteiger partial charge on any atom is 0.310 e. The standard InChI is InChI=1S/C21H19NO6/c1-24-18-5-3-2-4-16(18)17-12-15(28-22-17)13-27-21(23)11-14-6-7-19-20(10-14)26-9-8-25-19/h2-7,10,12H,8-9,11,13H2,1H3. The minimum absolute atomic E-state index is 0.00549. The molecule has 1 aliphatic rings. The quantitative estimate of drug-likeness (QED) is 0.605. The Morgan fingerprint density at radius 3 is 2.75 bits per heavy atom. The fourth-order valence-corrected chi connectivity index (χ4v) is 2.93. The number of nitrogens with zero attached hydrogens (tertiary/aromatic N) is 1. The van der Waals surface area contributed by atoms with Gasteiger partial charge in [-0.3, -0.25) is 4.79 Å². The van der Waals surface area contributed by atoms with Crippen molar-refractivity contribution in [3.63, 3.8) is 0 Å². The fourth-order valence-electron chi connectivity index (χ4n) is 2.93. The first-order chi connectivity index (χ1) is 13.7. The summed E-state index contributed by atoms with van der Waals surface area (Å²) >= 11 is 0. The van der Waals surface area contributed by atoms with Crippen LogP contribution in [0.2, 0.25) is 0 Å². The van der Waals surface area contributed by atoms with Gasteiger partial charge < -0.3 is 23.5 Å². The summed E-state index contributed by atoms with van der Waals surface area (Å²) in [6.45, 7) is 1.04. The van der Waals surface area contributed by atoms with E-state index < -0.39 is 0 Å². The summed E-state index contributed by atoms with van der Waals surface area (Å²) in [4.78, 5) is 12.2. The molecular formula is C21H19NO6. The van der Waals surface area contributed by atoms with E-state index in [2.05, 4.69) is 5.16 Å². The van der Waals surface area contributed by atoms with Crippen molar-refractivity contribution in [3.05, 3.63) is 59.9 Å². The third-order valence-corrected chi connectivity index (χ3v) is 4.27. The summed E-state index contributed by atoms with van der Waals surface area (Å²) < 4.78 is 26.9. The number of ether oxygens (including phenoxy) is 4. The van der Waals surface area contributed by atoms with Gasteiger partial charge in [-0.15, -0.1) is 0 Å². The lowest BCUT2D eigenvalue weighted by molar-refractivity contribution is -0.144. The summed E-state index contributed by atoms with van der Waals surface area (Å²) in [5.41, 5.74) is 2.22. The van der Waals surface area contributed by atoms with Gasteiger partial charge in [0.2, 0.25) is 0 Å². The molecule has 0 saturated carbocycles. The summed E-state index contributed by atoms with van der Waals surface area (Å²) in [6, 6.07) is 14.6. The highest BCUT2D eigenvalue weighted by Crippen LogP contribution is 2.31. The number of methoxy groups -OCH3 is 1. The molecule has 0 fully saturated rings. The number of fused-ring (bicyclic) bond motifs is 1. The molecule has 1 aromatic heterocycles. The van der Waals surface area contributed by atoms with Gasteiger partial charge in [0.25, 0.3) is 0 Å². The molecule has 7 heteroatoms. The molecule has 0 N–H and O–H groups in total. The first-order valence-corrected chi connectivity index (χ1v) is 8.86. The summed E-state index contributed by atoms with van der Waals surface area (Å²) in [5.74, 6) is 2.11. The molecule has 0 bridgehead atoms. The lowest BCUT2D eigenvalue weighted by atomic mass is 10.1. The van der Waals surface area contributed by atoms with Gasteiger partial charge in [0.1, 0.15) is 24.7 Å². The van der Waals surface area contributed by atoms with Crippen molar-refractivity contribution in [2.24, 2.45) is 0 Å². The van der Waals surface area contributed by atoms with E-state index in [1.807, 2.05) is 30.3 Å². The molecule has 0 unspecified atom stereocenters. The minimum atomic E-state index is -0.369. The van der Waals surface area contributed by atoms with Gasteiger partial charge in [-0.25, -0.2) is 0 Å². The second-order valence-electron chi connectivity index (χ2n) is 6.19. The van der Waals surface area contributed by atoms with Crippen LogP contribution in [0.5, 0.6) is 17.2 Å². The lowest BCUT2D eigenvalue weighted by Crippen LogP contribution is -2.15. The average Bonchev–Trinajstić information content (AvgIpc) is 3.21. The Labute approximate surface area is 161 Å². The van der Waals surface area contributed by atoms with Gasteiger partial charge >= 0.3 is 5.97 Å². The molecule has 0 amide bonds. The first-order valence-electron chi connectivity index (χ1n) is 8.86. The summed E-state index contributed by atoms with van der Waals surface area (Å²) in [7, 11) is 1.60. The molecule has 28 heavy (non-hydrogen) atoms. The van der Waals surface area contributed by atoms with Crippen molar-refractivity contribution in [2.45, 2.75) is 13.0 Å². The molecule has 0 aliphatic carbocycles. The Hall–Kier alpha value is -3.48. The third-order valence-electron chi connectivity index (χ3n) is 4.27. The van der Waals surface area contributed by atoms with Crippen LogP contribution in [0.1, 0.15) is 11.3 Å². The van der Waals surface area contributed by atoms with E-state index in [1.54, 1.807) is 25.3 Å². The topological polar surface area (TPSA) is 80.0 Å². The average molecular weight is 381 g/mol. The van der Waals surface area contributed by atoms with Crippen molar-refractivity contribution in [1.29, 1.82) is 0 Å². The van der Waals surface area contributed by atoms with Crippen molar-refractivity contribution >= 4 is 5.97 Å². The molecule has 3 aromatic rings. The number of benzene rings is 2. The Morgan fingerprint density at radius 2 is 1.89 bits per heavy atom. The highest BCUT2D eigenvalue weighted by Gasteiger charge is 2.15. The number of carbonyl (C=O) groups is 1. The highest BCUT2D eigenvalue weighted by molar-refractivity contribution is 5.73. The lowest BCUT2D eigenvalue weighted by Gasteiger charge is -2.18. The number of para-hydroxylation sites is 1. The van der Waals surface area contributed by atoms with Crippen molar-refractivity contribution < 1.29 is 28.3 Å². The zero-order valence-electron chi connectivity index (χ0n) is 15.3. The molecule has 0 spiro atoms. The number of hydrogen-bond donors (Lipinski definition) is 0. The fraction of sp³-hybridized carbons (Fsp3) is 0.238. The van der Waals surface area contributed by atoms with Crippen LogP contribution in [0, 0.1) is 0 Å². The van der Waals surface area contributed by atoms with Crippen LogP contribution in [-0.4, -0.2) is 31.4 Å². The number of aromatic nitrogens is 1. The van der Waals surface area contributed by atoms with Gasteiger partial charge in [0.05, 0.1) is 13.5 Å². The smallest absolute Gasteiger partial charge is 0.310 e. The Balaban J connectivity index is 1.36. The van der Waals surface area contributed by atoms with Gasteiger partial charge in [-0.2, -0.15) is 0 Å². The second-order valence-corrected chi connectivity index (χ2v) is 6.19. The van der Waals surface area contributed by atoms with Crippen molar-refractivity contribution in [2.75, 3.05) is 20.3 Å². The van der Waals surface area contributed by atoms with Crippen LogP contribution in [0.4, 0.5) is 0 Å². The Morgan fingerprint density at radius 1 is 1.07 bits per heavy atom. The van der Waals surface area contributed by atoms with Gasteiger partial charge in [-0.05, 0) is 29.8 Å². The second kappa shape index (κ2) is 8.04. The van der Waals surface area contributed by atoms with E-state index >= 15 is 0 Å². The minimum Gasteiger partial charge on any atom is -0.496 e. The molecule has 2 aromatic carbocycles. The maximum absolute atomic E-state index is 12.2. The molecule has 0 atom stereocenters. The Bertz CT molecular complexity index is 981. The molecule has 0 saturated heterocycles. The monoisotopic (exact) mass is 381 g/mol. The van der Waals surface area contributed by atoms with E-state index in [1.165, 1.54) is 0 Å². The van der Waals surface area contributed by atoms with Gasteiger partial charge in [0.15, 0.2) is 23.9 Å². The largest absolute Gasteiger partial charge is 0.496 e. The van der Waals surface area contributed by atoms with E-state index in [0.717, 1.165) is 11.1 Å². The predicted octanol–water partition coefficient (Wildman–Crippen LogP) is 3.41. The number of rotatable bonds is 6. The van der Waals surface area contributed by atoms with Crippen LogP contribution < -0.4 is 14.2 Å². The van der Waals surface area contributed by atoms with Crippen LogP contribution in [-0.2, 0) is 22.6 Å². The predicted molar refractivity (Wildman–Crippen MR) is 99.4 cm³/mol. The molecule has 7 nitrogen and oxygen atoms in total. The summed E-state index contributed by atoms with van der Waals surface area (Å²) in [5, 5.41) is 4.03. The maximum atomic E-state index is 12.2. The van der Waals surface area contributed by atoms with E-state index in [0.29, 0.717) is 41.9 Å². The van der Waals surface area contributed by atoms with Crippen LogP contribution >= 0.6 is 0 Å². The SMILES string of the molecule is COc1ccccc1-c1cc(COC(=O)Cc2ccc3c(c2)OCCO3)on1. The molecule has 144 valence electrons. The number of hydrogen-bond acceptors (Lipinski definition) is 7. The van der Waals surface area contributed by atoms with E-state index in [9.17, 15) is 4.79 Å². The zero-order valence-corrected chi connectivity index (χ0v) is 15.3. The van der Waals surface area contributed by atoms with Crippen molar-refractivity contribution in [3.8, 4) is 28.5 Å². The van der Waals surface area contributed by atoms with Gasteiger partial charge in [0, 0.05) is 11.6 Å². The van der Waals surface area contributed by atoms with Crippen LogP contribution in [0.15, 0.2) is 53.1 Å². The van der Waals surface area contributed by atoms with Crippen LogP contribution in [0.3, 0.4) is 0 Å². The molecule has 1 aliphatic heterocycles. The first kappa shape index (κ1) is 17.9. The van der Waals surface area contributed by atoms with E-state index in [4.69, 9.17) is 23.5 Å². The summed E-state index contributed by atoms with van der Waals surface area (Å²) in [6.07, 6.45) is 0.129. The molecular weight excluding hydrogens is 362 g/mol. The normalized spacial score (nSPS) is 12.5. The third kappa shape index (κ3) is 3.93. The van der Waals surface area contributed by atoms with E-state index in [-0.39, 0.29) is 19.0 Å². The van der Waals surface area contributed by atoms with Crippen LogP contribution in [0.25, 0.3) is 11.3 Å². The van der Waals surface area contributed by atoms with Gasteiger partial charge in [-0.1, -0.05) is 23.4 Å². The van der Waals surface area contributed by atoms with Crippen molar-refractivity contribution in [1.82, 2.24) is 5.16 Å². The molecule has 2 heterocycles. The Kier molecular flexibility index (Phi) is 5.14. The highest BCUT2D eigenvalue weighted by atomic mass is 16.6. The number of carbonyl (C=O) groups excluding carboxylic acids is 1. The molecule has 4 rings (SSSR count).